The van der Waals surface area contributed by atoms with Gasteiger partial charge in [0.25, 0.3) is 11.9 Å². The van der Waals surface area contributed by atoms with Gasteiger partial charge >= 0.3 is 20.2 Å². The van der Waals surface area contributed by atoms with Crippen molar-refractivity contribution in [3.63, 3.8) is 0 Å². The van der Waals surface area contributed by atoms with Crippen molar-refractivity contribution >= 4 is 79.5 Å². The lowest BCUT2D eigenvalue weighted by Gasteiger charge is -2.21. The first kappa shape index (κ1) is 46.6. The highest BCUT2D eigenvalue weighted by molar-refractivity contribution is 7.87. The molecule has 4 aromatic carbocycles. The second kappa shape index (κ2) is 22.5. The summed E-state index contributed by atoms with van der Waals surface area (Å²) in [5, 5.41) is 44.4. The van der Waals surface area contributed by atoms with E-state index in [9.17, 15) is 37.3 Å². The molecule has 6 aromatic rings. The highest BCUT2D eigenvalue weighted by Gasteiger charge is 2.24. The van der Waals surface area contributed by atoms with Gasteiger partial charge in [-0.1, -0.05) is 84.9 Å². The van der Waals surface area contributed by atoms with Gasteiger partial charge in [0.05, 0.1) is 26.4 Å². The van der Waals surface area contributed by atoms with Gasteiger partial charge in [-0.15, -0.1) is 8.57 Å². The van der Waals surface area contributed by atoms with E-state index in [1.165, 1.54) is 58.4 Å². The second-order valence-electron chi connectivity index (χ2n) is 13.1. The number of benzene rings is 4. The van der Waals surface area contributed by atoms with Gasteiger partial charge in [-0.2, -0.15) is 46.7 Å². The summed E-state index contributed by atoms with van der Waals surface area (Å²) in [4.78, 5) is 28.0. The maximum absolute atomic E-state index is 13.7. The minimum absolute atomic E-state index is 0.00164. The molecule has 0 aliphatic rings. The molecule has 0 radical (unpaired) electrons. The van der Waals surface area contributed by atoms with Crippen molar-refractivity contribution in [3.8, 4) is 0 Å². The van der Waals surface area contributed by atoms with Gasteiger partial charge in [0.15, 0.2) is 0 Å². The average molecular weight is 917 g/mol. The molecule has 24 heteroatoms. The maximum atomic E-state index is 13.7. The maximum Gasteiger partial charge on any atom is 0.318 e. The van der Waals surface area contributed by atoms with Crippen LogP contribution in [-0.2, 0) is 28.8 Å². The van der Waals surface area contributed by atoms with E-state index in [-0.39, 0.29) is 109 Å². The summed E-state index contributed by atoms with van der Waals surface area (Å²) in [6, 6.07) is 29.4. The zero-order valence-corrected chi connectivity index (χ0v) is 35.5. The Morgan fingerprint density at radius 2 is 0.781 bits per heavy atom. The van der Waals surface area contributed by atoms with Gasteiger partial charge in [0.1, 0.15) is 9.79 Å². The second-order valence-corrected chi connectivity index (χ2v) is 16.1. The molecule has 0 atom stereocenters. The van der Waals surface area contributed by atoms with Crippen LogP contribution in [0.5, 0.6) is 0 Å². The number of hydrogen-bond acceptors (Lipinski definition) is 22. The molecule has 0 aliphatic carbocycles. The molecule has 336 valence electrons. The number of nitrogens with zero attached hydrogens (tertiary/aromatic N) is 8. The number of aliphatic hydroxyl groups is 4. The normalized spacial score (nSPS) is 11.6. The van der Waals surface area contributed by atoms with Gasteiger partial charge in [-0.3, -0.25) is 0 Å². The largest absolute Gasteiger partial charge is 0.395 e. The molecule has 2 aromatic heterocycles. The molecular formula is C40H44N12O10S2. The van der Waals surface area contributed by atoms with Crippen LogP contribution in [0.4, 0.5) is 47.1 Å². The van der Waals surface area contributed by atoms with Crippen LogP contribution >= 0.6 is 0 Å². The highest BCUT2D eigenvalue weighted by atomic mass is 32.2. The van der Waals surface area contributed by atoms with Crippen LogP contribution in [0.25, 0.3) is 12.2 Å². The first-order valence-corrected chi connectivity index (χ1v) is 22.2. The van der Waals surface area contributed by atoms with Crippen LogP contribution in [0, 0.1) is 0 Å². The van der Waals surface area contributed by atoms with Gasteiger partial charge in [0.2, 0.25) is 23.8 Å². The Labute approximate surface area is 368 Å². The monoisotopic (exact) mass is 916 g/mol. The van der Waals surface area contributed by atoms with Crippen molar-refractivity contribution in [1.82, 2.24) is 29.9 Å². The van der Waals surface area contributed by atoms with Crippen LogP contribution in [-0.4, -0.2) is 120 Å². The average Bonchev–Trinajstić information content (AvgIpc) is 3.30. The summed E-state index contributed by atoms with van der Waals surface area (Å²) in [5.41, 5.74) is 5.99. The van der Waals surface area contributed by atoms with Gasteiger partial charge in [-0.05, 0) is 47.5 Å². The molecule has 0 amide bonds. The predicted octanol–water partition coefficient (Wildman–Crippen LogP) is 2.76. The number of para-hydroxylation sites is 2. The first-order valence-electron chi connectivity index (χ1n) is 19.4. The summed E-state index contributed by atoms with van der Waals surface area (Å²) in [7, 11) is -9.25. The molecule has 64 heavy (non-hydrogen) atoms. The Bertz CT molecular complexity index is 2510. The van der Waals surface area contributed by atoms with Crippen molar-refractivity contribution in [2.24, 2.45) is 0 Å². The number of aromatic nitrogens is 6. The quantitative estimate of drug-likeness (QED) is 0.0320. The minimum atomic E-state index is -4.62. The molecule has 2 heterocycles. The van der Waals surface area contributed by atoms with E-state index in [4.69, 9.17) is 8.57 Å². The molecule has 0 saturated carbocycles. The van der Waals surface area contributed by atoms with Crippen LogP contribution in [0.3, 0.4) is 0 Å². The van der Waals surface area contributed by atoms with E-state index < -0.39 is 20.2 Å². The van der Waals surface area contributed by atoms with Crippen molar-refractivity contribution in [2.45, 2.75) is 9.79 Å². The lowest BCUT2D eigenvalue weighted by atomic mass is 10.1. The number of aliphatic hydroxyl groups excluding tert-OH is 4. The number of rotatable bonds is 24. The van der Waals surface area contributed by atoms with Crippen LogP contribution in [0.15, 0.2) is 119 Å². The van der Waals surface area contributed by atoms with Crippen LogP contribution in [0.1, 0.15) is 11.1 Å². The standard InChI is InChI=1S/C40H44N12O10S2/c53-25-21-51(22-26-54)39-45-35(41-31-13-3-1-4-14-31)43-37(47-39)49-61-63(57,58)33-17-9-7-11-29(33)19-20-30-12-8-10-18-34(30)64(59,60)62-50-38-44-36(42-32-15-5-2-6-16-32)46-40(48-38)52(23-27-55)24-28-56/h1-20,53-56H,21-28H2,(H2,41,43,45,47,49)(H2,42,44,46,48,50). The summed E-state index contributed by atoms with van der Waals surface area (Å²) in [6.07, 6.45) is 2.75. The van der Waals surface area contributed by atoms with E-state index in [1.807, 2.05) is 12.1 Å². The van der Waals surface area contributed by atoms with Gasteiger partial charge in [0, 0.05) is 37.6 Å². The number of nitrogens with one attached hydrogen (secondary N) is 4. The molecule has 6 rings (SSSR count). The third-order valence-corrected chi connectivity index (χ3v) is 11.1. The van der Waals surface area contributed by atoms with Crippen molar-refractivity contribution < 1.29 is 45.8 Å². The molecule has 0 fully saturated rings. The van der Waals surface area contributed by atoms with Crippen LogP contribution in [0.2, 0.25) is 0 Å². The lowest BCUT2D eigenvalue weighted by Crippen LogP contribution is -2.32. The number of anilines is 8. The van der Waals surface area contributed by atoms with E-state index in [0.29, 0.717) is 11.4 Å². The Balaban J connectivity index is 1.22. The third-order valence-electron chi connectivity index (χ3n) is 8.66. The minimum Gasteiger partial charge on any atom is -0.395 e. The zero-order chi connectivity index (χ0) is 45.4. The zero-order valence-electron chi connectivity index (χ0n) is 33.8. The Morgan fingerprint density at radius 1 is 0.453 bits per heavy atom. The predicted molar refractivity (Wildman–Crippen MR) is 237 cm³/mol. The SMILES string of the molecule is O=S(=O)(ONc1nc(Nc2ccccc2)nc(N(CCO)CCO)n1)c1ccccc1C=Cc1ccccc1S(=O)(=O)ONc1nc(Nc2ccccc2)nc(N(CCO)CCO)n1. The summed E-state index contributed by atoms with van der Waals surface area (Å²) in [5.74, 6) is -0.634. The van der Waals surface area contributed by atoms with Crippen LogP contribution < -0.4 is 31.4 Å². The first-order chi connectivity index (χ1) is 31.0. The summed E-state index contributed by atoms with van der Waals surface area (Å²) in [6.45, 7) is -0.980. The highest BCUT2D eigenvalue weighted by Crippen LogP contribution is 2.26. The summed E-state index contributed by atoms with van der Waals surface area (Å²) < 4.78 is 65.2. The molecule has 22 nitrogen and oxygen atoms in total. The fraction of sp³-hybridized carbons (Fsp3) is 0.200. The lowest BCUT2D eigenvalue weighted by molar-refractivity contribution is 0.279. The number of hydrogen-bond donors (Lipinski definition) is 8. The van der Waals surface area contributed by atoms with E-state index in [1.54, 1.807) is 60.7 Å². The van der Waals surface area contributed by atoms with E-state index in [0.717, 1.165) is 0 Å². The molecule has 0 unspecified atom stereocenters. The van der Waals surface area contributed by atoms with Gasteiger partial charge in [-0.25, -0.2) is 11.0 Å². The van der Waals surface area contributed by atoms with E-state index >= 15 is 0 Å². The fourth-order valence-corrected chi connectivity index (χ4v) is 7.66. The van der Waals surface area contributed by atoms with Crippen molar-refractivity contribution in [3.05, 3.63) is 120 Å². The molecular weight excluding hydrogens is 873 g/mol. The Hall–Kier alpha value is -6.90. The smallest absolute Gasteiger partial charge is 0.318 e. The van der Waals surface area contributed by atoms with E-state index in [2.05, 4.69) is 51.5 Å². The Morgan fingerprint density at radius 3 is 1.14 bits per heavy atom. The molecule has 0 spiro atoms. The summed E-state index contributed by atoms with van der Waals surface area (Å²) >= 11 is 0. The Kier molecular flexibility index (Phi) is 16.3. The molecule has 0 bridgehead atoms. The topological polar surface area (TPSA) is 300 Å². The molecule has 0 aliphatic heterocycles. The third kappa shape index (κ3) is 12.8. The molecule has 0 saturated heterocycles. The fourth-order valence-electron chi connectivity index (χ4n) is 5.77. The molecule has 8 N–H and O–H groups in total. The van der Waals surface area contributed by atoms with Crippen molar-refractivity contribution in [1.29, 1.82) is 0 Å². The van der Waals surface area contributed by atoms with Gasteiger partial charge < -0.3 is 40.9 Å². The van der Waals surface area contributed by atoms with Crippen molar-refractivity contribution in [2.75, 3.05) is 84.0 Å².